The summed E-state index contributed by atoms with van der Waals surface area (Å²) in [5.74, 6) is -0.0802. The summed E-state index contributed by atoms with van der Waals surface area (Å²) < 4.78 is 7.18. The highest BCUT2D eigenvalue weighted by Crippen LogP contribution is 2.28. The lowest BCUT2D eigenvalue weighted by Crippen LogP contribution is -2.57. The monoisotopic (exact) mass is 552 g/mol. The number of ether oxygens (including phenoxy) is 1. The maximum atomic E-state index is 13.6. The summed E-state index contributed by atoms with van der Waals surface area (Å²) in [4.78, 5) is 43.1. The van der Waals surface area contributed by atoms with Crippen LogP contribution in [-0.4, -0.2) is 70.4 Å². The van der Waals surface area contributed by atoms with Crippen LogP contribution in [0.2, 0.25) is 0 Å². The fourth-order valence-corrected chi connectivity index (χ4v) is 5.52. The Morgan fingerprint density at radius 3 is 2.20 bits per heavy atom. The molecule has 1 saturated carbocycles. The molecule has 1 atom stereocenters. The lowest BCUT2D eigenvalue weighted by atomic mass is 9.83. The van der Waals surface area contributed by atoms with Crippen LogP contribution in [0.15, 0.2) is 36.5 Å². The first-order chi connectivity index (χ1) is 19.0. The summed E-state index contributed by atoms with van der Waals surface area (Å²) in [5.41, 5.74) is 1.65. The average molecular weight is 553 g/mol. The van der Waals surface area contributed by atoms with E-state index >= 15 is 0 Å². The third kappa shape index (κ3) is 7.55. The molecule has 10 heteroatoms. The molecule has 2 N–H and O–H groups in total. The van der Waals surface area contributed by atoms with Crippen molar-refractivity contribution in [2.45, 2.75) is 84.4 Å². The van der Waals surface area contributed by atoms with E-state index in [0.717, 1.165) is 31.4 Å². The molecule has 1 saturated heterocycles. The zero-order valence-corrected chi connectivity index (χ0v) is 24.5. The summed E-state index contributed by atoms with van der Waals surface area (Å²) in [6, 6.07) is 9.01. The Morgan fingerprint density at radius 1 is 0.950 bits per heavy atom. The van der Waals surface area contributed by atoms with E-state index in [1.54, 1.807) is 16.9 Å². The first-order valence-corrected chi connectivity index (χ1v) is 14.5. The number of carbonyl (C=O) groups excluding carboxylic acids is 3. The van der Waals surface area contributed by atoms with Gasteiger partial charge in [-0.15, -0.1) is 0 Å². The molecular formula is C30H44N6O4. The molecule has 10 nitrogen and oxygen atoms in total. The molecule has 1 unspecified atom stereocenters. The molecular weight excluding hydrogens is 508 g/mol. The first kappa shape index (κ1) is 29.4. The van der Waals surface area contributed by atoms with E-state index in [9.17, 15) is 14.4 Å². The third-order valence-electron chi connectivity index (χ3n) is 7.53. The minimum Gasteiger partial charge on any atom is -0.444 e. The van der Waals surface area contributed by atoms with Gasteiger partial charge in [0.15, 0.2) is 0 Å². The van der Waals surface area contributed by atoms with E-state index in [0.29, 0.717) is 37.6 Å². The minimum atomic E-state index is -0.620. The molecule has 3 amide bonds. The summed E-state index contributed by atoms with van der Waals surface area (Å²) in [6.45, 7) is 12.0. The topological polar surface area (TPSA) is 109 Å². The van der Waals surface area contributed by atoms with Crippen molar-refractivity contribution in [3.05, 3.63) is 42.2 Å². The lowest BCUT2D eigenvalue weighted by molar-refractivity contribution is -0.135. The van der Waals surface area contributed by atoms with Gasteiger partial charge in [-0.05, 0) is 83.7 Å². The number of piperazine rings is 1. The van der Waals surface area contributed by atoms with Gasteiger partial charge in [-0.25, -0.2) is 4.79 Å². The molecule has 1 aliphatic heterocycles. The van der Waals surface area contributed by atoms with Gasteiger partial charge in [-0.3, -0.25) is 14.3 Å². The molecule has 0 spiro atoms. The van der Waals surface area contributed by atoms with Crippen molar-refractivity contribution < 1.29 is 19.1 Å². The highest BCUT2D eigenvalue weighted by atomic mass is 16.6. The normalized spacial score (nSPS) is 17.4. The van der Waals surface area contributed by atoms with Crippen molar-refractivity contribution >= 4 is 29.3 Å². The number of alkyl carbamates (subject to hydrolysis) is 1. The highest BCUT2D eigenvalue weighted by Gasteiger charge is 2.36. The maximum Gasteiger partial charge on any atom is 0.408 e. The van der Waals surface area contributed by atoms with Gasteiger partial charge in [0.2, 0.25) is 5.91 Å². The summed E-state index contributed by atoms with van der Waals surface area (Å²) in [7, 11) is 0. The Bertz CT molecular complexity index is 1160. The summed E-state index contributed by atoms with van der Waals surface area (Å²) in [5, 5.41) is 10.1. The minimum absolute atomic E-state index is 0.0175. The molecule has 40 heavy (non-hydrogen) atoms. The fourth-order valence-electron chi connectivity index (χ4n) is 5.52. The van der Waals surface area contributed by atoms with Crippen molar-refractivity contribution in [1.82, 2.24) is 20.0 Å². The second-order valence-electron chi connectivity index (χ2n) is 12.1. The fraction of sp³-hybridized carbons (Fsp3) is 0.600. The number of amides is 3. The van der Waals surface area contributed by atoms with Crippen LogP contribution >= 0.6 is 0 Å². The molecule has 2 aromatic rings. The predicted octanol–water partition coefficient (Wildman–Crippen LogP) is 4.84. The SMILES string of the molecule is CC(C)n1nccc1C(=O)Nc1ccc(N2CCN(C(=O)C(NC(=O)OC(C)(C)C)C3CCCCC3)CC2)cc1. The molecule has 0 radical (unpaired) electrons. The number of hydrogen-bond donors (Lipinski definition) is 2. The number of anilines is 2. The zero-order chi connectivity index (χ0) is 28.9. The molecule has 2 aliphatic rings. The Labute approximate surface area is 237 Å². The number of carbonyl (C=O) groups is 3. The van der Waals surface area contributed by atoms with Crippen molar-refractivity contribution in [1.29, 1.82) is 0 Å². The van der Waals surface area contributed by atoms with Gasteiger partial charge in [-0.2, -0.15) is 5.10 Å². The highest BCUT2D eigenvalue weighted by molar-refractivity contribution is 6.03. The zero-order valence-electron chi connectivity index (χ0n) is 24.5. The van der Waals surface area contributed by atoms with Gasteiger partial charge in [0.05, 0.1) is 0 Å². The van der Waals surface area contributed by atoms with Crippen LogP contribution in [0.4, 0.5) is 16.2 Å². The number of rotatable bonds is 7. The van der Waals surface area contributed by atoms with Crippen molar-refractivity contribution in [2.24, 2.45) is 5.92 Å². The standard InChI is InChI=1S/C30H44N6O4/c1-21(2)36-25(15-16-31-36)27(37)32-23-11-13-24(14-12-23)34-17-19-35(20-18-34)28(38)26(22-9-7-6-8-10-22)33-29(39)40-30(3,4)5/h11-16,21-22,26H,6-10,17-20H2,1-5H3,(H,32,37)(H,33,39). The Hall–Kier alpha value is -3.56. The molecule has 1 aromatic heterocycles. The van der Waals surface area contributed by atoms with E-state index in [4.69, 9.17) is 4.74 Å². The van der Waals surface area contributed by atoms with Crippen LogP contribution in [0.3, 0.4) is 0 Å². The van der Waals surface area contributed by atoms with Gasteiger partial charge >= 0.3 is 6.09 Å². The predicted molar refractivity (Wildman–Crippen MR) is 156 cm³/mol. The molecule has 218 valence electrons. The van der Waals surface area contributed by atoms with Crippen LogP contribution < -0.4 is 15.5 Å². The smallest absolute Gasteiger partial charge is 0.408 e. The van der Waals surface area contributed by atoms with Gasteiger partial charge in [0.1, 0.15) is 17.3 Å². The lowest BCUT2D eigenvalue weighted by Gasteiger charge is -2.39. The largest absolute Gasteiger partial charge is 0.444 e. The molecule has 2 fully saturated rings. The summed E-state index contributed by atoms with van der Waals surface area (Å²) >= 11 is 0. The van der Waals surface area contributed by atoms with Crippen molar-refractivity contribution in [3.8, 4) is 0 Å². The van der Waals surface area contributed by atoms with Crippen LogP contribution in [0.1, 0.15) is 83.3 Å². The summed E-state index contributed by atoms with van der Waals surface area (Å²) in [6.07, 6.45) is 6.31. The average Bonchev–Trinajstić information content (AvgIpc) is 3.42. The Kier molecular flexibility index (Phi) is 9.37. The molecule has 1 aliphatic carbocycles. The van der Waals surface area contributed by atoms with E-state index in [1.165, 1.54) is 6.42 Å². The van der Waals surface area contributed by atoms with Gasteiger partial charge in [0, 0.05) is 49.8 Å². The van der Waals surface area contributed by atoms with Crippen LogP contribution in [0.25, 0.3) is 0 Å². The van der Waals surface area contributed by atoms with Gasteiger partial charge in [-0.1, -0.05) is 19.3 Å². The number of hydrogen-bond acceptors (Lipinski definition) is 6. The van der Waals surface area contributed by atoms with Crippen molar-refractivity contribution in [2.75, 3.05) is 36.4 Å². The van der Waals surface area contributed by atoms with Crippen LogP contribution in [-0.2, 0) is 9.53 Å². The second-order valence-corrected chi connectivity index (χ2v) is 12.1. The third-order valence-corrected chi connectivity index (χ3v) is 7.53. The van der Waals surface area contributed by atoms with Gasteiger partial charge < -0.3 is 25.2 Å². The van der Waals surface area contributed by atoms with E-state index < -0.39 is 17.7 Å². The van der Waals surface area contributed by atoms with E-state index in [1.807, 2.05) is 63.8 Å². The molecule has 1 aromatic carbocycles. The Balaban J connectivity index is 1.34. The number of nitrogens with one attached hydrogen (secondary N) is 2. The van der Waals surface area contributed by atoms with Crippen LogP contribution in [0, 0.1) is 5.92 Å². The maximum absolute atomic E-state index is 13.6. The quantitative estimate of drug-likeness (QED) is 0.509. The molecule has 2 heterocycles. The van der Waals surface area contributed by atoms with E-state index in [2.05, 4.69) is 20.6 Å². The van der Waals surface area contributed by atoms with Crippen molar-refractivity contribution in [3.63, 3.8) is 0 Å². The van der Waals surface area contributed by atoms with E-state index in [-0.39, 0.29) is 23.8 Å². The number of aromatic nitrogens is 2. The molecule has 4 rings (SSSR count). The number of nitrogens with zero attached hydrogens (tertiary/aromatic N) is 4. The number of benzene rings is 1. The first-order valence-electron chi connectivity index (χ1n) is 14.5. The Morgan fingerprint density at radius 2 is 1.60 bits per heavy atom. The van der Waals surface area contributed by atoms with Gasteiger partial charge in [0.25, 0.3) is 5.91 Å². The second kappa shape index (κ2) is 12.7. The molecule has 0 bridgehead atoms. The van der Waals surface area contributed by atoms with Crippen LogP contribution in [0.5, 0.6) is 0 Å².